The lowest BCUT2D eigenvalue weighted by molar-refractivity contribution is -0.159. The standard InChI is InChI=1S/C14H15F2NO4/c15-10-2-3-11(16)9(7-10)1-4-13(18)17-5-6-21-12(8-17)14(19)20/h2-3,7,12H,1,4-6,8H2,(H,19,20). The molecule has 0 aliphatic carbocycles. The first-order valence-corrected chi connectivity index (χ1v) is 6.53. The first-order valence-electron chi connectivity index (χ1n) is 6.53. The Morgan fingerprint density at radius 3 is 2.86 bits per heavy atom. The predicted molar refractivity (Wildman–Crippen MR) is 68.6 cm³/mol. The summed E-state index contributed by atoms with van der Waals surface area (Å²) >= 11 is 0. The lowest BCUT2D eigenvalue weighted by Gasteiger charge is -2.31. The third kappa shape index (κ3) is 3.98. The molecule has 1 N–H and O–H groups in total. The molecule has 1 aromatic carbocycles. The molecule has 1 unspecified atom stereocenters. The minimum Gasteiger partial charge on any atom is -0.479 e. The molecule has 1 aliphatic rings. The summed E-state index contributed by atoms with van der Waals surface area (Å²) in [6.07, 6.45) is -0.974. The zero-order valence-corrected chi connectivity index (χ0v) is 11.2. The van der Waals surface area contributed by atoms with Crippen LogP contribution < -0.4 is 0 Å². The number of halogens is 2. The van der Waals surface area contributed by atoms with E-state index in [2.05, 4.69) is 0 Å². The van der Waals surface area contributed by atoms with Crippen LogP contribution >= 0.6 is 0 Å². The van der Waals surface area contributed by atoms with Gasteiger partial charge in [-0.15, -0.1) is 0 Å². The number of carbonyl (C=O) groups excluding carboxylic acids is 1. The normalized spacial score (nSPS) is 18.6. The number of carboxylic acids is 1. The Kier molecular flexibility index (Phi) is 4.85. The molecule has 0 radical (unpaired) electrons. The molecule has 21 heavy (non-hydrogen) atoms. The molecule has 1 atom stereocenters. The van der Waals surface area contributed by atoms with Crippen LogP contribution in [0.3, 0.4) is 0 Å². The summed E-state index contributed by atoms with van der Waals surface area (Å²) in [7, 11) is 0. The zero-order chi connectivity index (χ0) is 15.4. The summed E-state index contributed by atoms with van der Waals surface area (Å²) in [4.78, 5) is 24.2. The Labute approximate surface area is 120 Å². The van der Waals surface area contributed by atoms with Gasteiger partial charge in [-0.1, -0.05) is 0 Å². The van der Waals surface area contributed by atoms with Crippen LogP contribution in [0, 0.1) is 11.6 Å². The van der Waals surface area contributed by atoms with Gasteiger partial charge in [-0.2, -0.15) is 0 Å². The van der Waals surface area contributed by atoms with Crippen LogP contribution in [0.15, 0.2) is 18.2 Å². The number of carbonyl (C=O) groups is 2. The van der Waals surface area contributed by atoms with Crippen molar-refractivity contribution in [1.29, 1.82) is 0 Å². The Bertz CT molecular complexity index is 550. The highest BCUT2D eigenvalue weighted by Gasteiger charge is 2.28. The monoisotopic (exact) mass is 299 g/mol. The number of aryl methyl sites for hydroxylation is 1. The van der Waals surface area contributed by atoms with Crippen molar-refractivity contribution in [3.63, 3.8) is 0 Å². The van der Waals surface area contributed by atoms with E-state index in [4.69, 9.17) is 9.84 Å². The van der Waals surface area contributed by atoms with E-state index in [1.165, 1.54) is 4.90 Å². The molecule has 0 bridgehead atoms. The van der Waals surface area contributed by atoms with E-state index >= 15 is 0 Å². The van der Waals surface area contributed by atoms with Crippen LogP contribution in [0.4, 0.5) is 8.78 Å². The van der Waals surface area contributed by atoms with E-state index in [1.807, 2.05) is 0 Å². The SMILES string of the molecule is O=C(O)C1CN(C(=O)CCc2cc(F)ccc2F)CCO1. The quantitative estimate of drug-likeness (QED) is 0.907. The predicted octanol–water partition coefficient (Wildman–Crippen LogP) is 1.21. The first-order chi connectivity index (χ1) is 9.97. The van der Waals surface area contributed by atoms with Gasteiger partial charge in [0.05, 0.1) is 13.2 Å². The second-order valence-electron chi connectivity index (χ2n) is 4.77. The maximum atomic E-state index is 13.4. The molecule has 0 saturated carbocycles. The number of carboxylic acid groups (broad SMARTS) is 1. The fraction of sp³-hybridized carbons (Fsp3) is 0.429. The maximum Gasteiger partial charge on any atom is 0.334 e. The molecule has 0 spiro atoms. The topological polar surface area (TPSA) is 66.8 Å². The number of hydrogen-bond acceptors (Lipinski definition) is 3. The molecule has 1 amide bonds. The van der Waals surface area contributed by atoms with Crippen molar-refractivity contribution < 1.29 is 28.2 Å². The van der Waals surface area contributed by atoms with Crippen molar-refractivity contribution in [2.75, 3.05) is 19.7 Å². The van der Waals surface area contributed by atoms with Gasteiger partial charge in [0.15, 0.2) is 6.10 Å². The minimum atomic E-state index is -1.12. The van der Waals surface area contributed by atoms with Gasteiger partial charge in [0, 0.05) is 13.0 Å². The van der Waals surface area contributed by atoms with Gasteiger partial charge in [-0.3, -0.25) is 4.79 Å². The zero-order valence-electron chi connectivity index (χ0n) is 11.2. The van der Waals surface area contributed by atoms with Crippen molar-refractivity contribution in [2.45, 2.75) is 18.9 Å². The molecule has 114 valence electrons. The number of aliphatic carboxylic acids is 1. The molecular formula is C14H15F2NO4. The Balaban J connectivity index is 1.92. The average Bonchev–Trinajstić information content (AvgIpc) is 2.48. The van der Waals surface area contributed by atoms with Gasteiger partial charge >= 0.3 is 5.97 Å². The summed E-state index contributed by atoms with van der Waals surface area (Å²) < 4.78 is 31.5. The summed E-state index contributed by atoms with van der Waals surface area (Å²) in [5.74, 6) is -2.54. The number of hydrogen-bond donors (Lipinski definition) is 1. The smallest absolute Gasteiger partial charge is 0.334 e. The fourth-order valence-corrected chi connectivity index (χ4v) is 2.16. The van der Waals surface area contributed by atoms with Gasteiger partial charge in [-0.05, 0) is 30.2 Å². The molecule has 1 fully saturated rings. The van der Waals surface area contributed by atoms with Gasteiger partial charge in [0.2, 0.25) is 5.91 Å². The summed E-state index contributed by atoms with van der Waals surface area (Å²) in [6.45, 7) is 0.422. The van der Waals surface area contributed by atoms with Crippen molar-refractivity contribution in [1.82, 2.24) is 4.90 Å². The molecule has 1 saturated heterocycles. The van der Waals surface area contributed by atoms with Crippen molar-refractivity contribution in [3.8, 4) is 0 Å². The Morgan fingerprint density at radius 1 is 1.38 bits per heavy atom. The molecule has 0 aromatic heterocycles. The lowest BCUT2D eigenvalue weighted by atomic mass is 10.1. The van der Waals surface area contributed by atoms with Crippen molar-refractivity contribution >= 4 is 11.9 Å². The van der Waals surface area contributed by atoms with Gasteiger partial charge in [0.1, 0.15) is 11.6 Å². The minimum absolute atomic E-state index is 0.00723. The third-order valence-corrected chi connectivity index (χ3v) is 3.31. The van der Waals surface area contributed by atoms with E-state index in [1.54, 1.807) is 0 Å². The molecular weight excluding hydrogens is 284 g/mol. The van der Waals surface area contributed by atoms with E-state index in [9.17, 15) is 18.4 Å². The van der Waals surface area contributed by atoms with E-state index in [0.717, 1.165) is 18.2 Å². The van der Waals surface area contributed by atoms with Crippen LogP contribution in [0.2, 0.25) is 0 Å². The molecule has 5 nitrogen and oxygen atoms in total. The second-order valence-corrected chi connectivity index (χ2v) is 4.77. The highest BCUT2D eigenvalue weighted by atomic mass is 19.1. The van der Waals surface area contributed by atoms with E-state index in [-0.39, 0.29) is 37.5 Å². The maximum absolute atomic E-state index is 13.4. The van der Waals surface area contributed by atoms with Gasteiger partial charge in [-0.25, -0.2) is 13.6 Å². The average molecular weight is 299 g/mol. The largest absolute Gasteiger partial charge is 0.479 e. The molecule has 1 aliphatic heterocycles. The van der Waals surface area contributed by atoms with E-state index < -0.39 is 23.7 Å². The van der Waals surface area contributed by atoms with Crippen LogP contribution in [-0.2, 0) is 20.7 Å². The molecule has 1 heterocycles. The van der Waals surface area contributed by atoms with Gasteiger partial charge in [0.25, 0.3) is 0 Å². The molecule has 2 rings (SSSR count). The highest BCUT2D eigenvalue weighted by Crippen LogP contribution is 2.14. The Hall–Kier alpha value is -2.02. The van der Waals surface area contributed by atoms with Crippen molar-refractivity contribution in [3.05, 3.63) is 35.4 Å². The molecule has 1 aromatic rings. The fourth-order valence-electron chi connectivity index (χ4n) is 2.16. The third-order valence-electron chi connectivity index (χ3n) is 3.31. The number of nitrogens with zero attached hydrogens (tertiary/aromatic N) is 1. The van der Waals surface area contributed by atoms with Crippen molar-refractivity contribution in [2.24, 2.45) is 0 Å². The van der Waals surface area contributed by atoms with Crippen LogP contribution in [-0.4, -0.2) is 47.7 Å². The highest BCUT2D eigenvalue weighted by molar-refractivity contribution is 5.78. The lowest BCUT2D eigenvalue weighted by Crippen LogP contribution is -2.48. The van der Waals surface area contributed by atoms with Crippen LogP contribution in [0.5, 0.6) is 0 Å². The first kappa shape index (κ1) is 15.4. The number of amides is 1. The second kappa shape index (κ2) is 6.62. The number of morpholine rings is 1. The Morgan fingerprint density at radius 2 is 2.14 bits per heavy atom. The van der Waals surface area contributed by atoms with Gasteiger partial charge < -0.3 is 14.7 Å². The number of ether oxygens (including phenoxy) is 1. The number of rotatable bonds is 4. The van der Waals surface area contributed by atoms with Crippen LogP contribution in [0.1, 0.15) is 12.0 Å². The van der Waals surface area contributed by atoms with Crippen LogP contribution in [0.25, 0.3) is 0 Å². The van der Waals surface area contributed by atoms with E-state index in [0.29, 0.717) is 6.54 Å². The summed E-state index contributed by atoms with van der Waals surface area (Å²) in [6, 6.07) is 3.09. The summed E-state index contributed by atoms with van der Waals surface area (Å²) in [5, 5.41) is 8.86. The number of benzene rings is 1. The molecule has 7 heteroatoms. The summed E-state index contributed by atoms with van der Waals surface area (Å²) in [5.41, 5.74) is 0.131.